The molecular formula is C41H49FN8O3. The number of fused-ring (bicyclic) bond motifs is 3. The Morgan fingerprint density at radius 3 is 2.47 bits per heavy atom. The van der Waals surface area contributed by atoms with E-state index in [0.29, 0.717) is 73.5 Å². The van der Waals surface area contributed by atoms with Crippen molar-refractivity contribution in [3.05, 3.63) is 59.9 Å². The lowest BCUT2D eigenvalue weighted by Gasteiger charge is -2.47. The molecule has 278 valence electrons. The molecule has 53 heavy (non-hydrogen) atoms. The molecule has 2 amide bonds. The summed E-state index contributed by atoms with van der Waals surface area (Å²) in [6.07, 6.45) is 7.34. The molecule has 0 radical (unpaired) electrons. The van der Waals surface area contributed by atoms with Crippen LogP contribution in [-0.2, 0) is 19.7 Å². The van der Waals surface area contributed by atoms with Gasteiger partial charge in [-0.15, -0.1) is 0 Å². The molecule has 4 fully saturated rings. The van der Waals surface area contributed by atoms with Gasteiger partial charge in [0, 0.05) is 54.7 Å². The van der Waals surface area contributed by atoms with E-state index in [1.165, 1.54) is 12.6 Å². The second kappa shape index (κ2) is 12.6. The maximum Gasteiger partial charge on any atom is 0.238 e. The van der Waals surface area contributed by atoms with E-state index in [4.69, 9.17) is 14.7 Å². The molecule has 4 aliphatic heterocycles. The van der Waals surface area contributed by atoms with E-state index >= 15 is 4.39 Å². The first kappa shape index (κ1) is 34.4. The summed E-state index contributed by atoms with van der Waals surface area (Å²) in [5, 5.41) is 3.27. The fourth-order valence-electron chi connectivity index (χ4n) is 9.33. The van der Waals surface area contributed by atoms with Crippen molar-refractivity contribution < 1.29 is 18.7 Å². The van der Waals surface area contributed by atoms with Crippen molar-refractivity contribution in [2.75, 3.05) is 49.6 Å². The number of rotatable bonds is 7. The maximum atomic E-state index is 15.0. The van der Waals surface area contributed by atoms with Crippen LogP contribution in [0.1, 0.15) is 77.1 Å². The van der Waals surface area contributed by atoms with Crippen LogP contribution in [0.2, 0.25) is 0 Å². The number of nitrogens with one attached hydrogen (secondary N) is 1. The van der Waals surface area contributed by atoms with Crippen LogP contribution in [0.5, 0.6) is 0 Å². The van der Waals surface area contributed by atoms with Gasteiger partial charge in [-0.2, -0.15) is 0 Å². The summed E-state index contributed by atoms with van der Waals surface area (Å²) in [7, 11) is 0. The Bertz CT molecular complexity index is 2110. The third kappa shape index (κ3) is 5.71. The van der Waals surface area contributed by atoms with E-state index in [1.54, 1.807) is 12.4 Å². The van der Waals surface area contributed by atoms with Crippen LogP contribution in [-0.4, -0.2) is 92.6 Å². The fraction of sp³-hybridized carbons (Fsp3) is 0.537. The summed E-state index contributed by atoms with van der Waals surface area (Å²) in [6, 6.07) is 10.7. The number of anilines is 3. The molecule has 1 saturated carbocycles. The average molecular weight is 721 g/mol. The SMILES string of the molecule is Cc1cc(Nc2nc(-c3ccc4c(c3)N(C3CC(N5CCC(C)(C)C5)C3)C(=O)C43CCN(C(=O)C4COC4)CC3)cc3ncn(C(C)C)c23)c(F)cn1. The van der Waals surface area contributed by atoms with Gasteiger partial charge in [0.2, 0.25) is 11.8 Å². The monoisotopic (exact) mass is 720 g/mol. The number of aromatic nitrogens is 4. The van der Waals surface area contributed by atoms with Gasteiger partial charge >= 0.3 is 0 Å². The minimum Gasteiger partial charge on any atom is -0.380 e. The summed E-state index contributed by atoms with van der Waals surface area (Å²) < 4.78 is 22.4. The molecule has 0 bridgehead atoms. The minimum atomic E-state index is -0.668. The lowest BCUT2D eigenvalue weighted by Crippen LogP contribution is -2.58. The van der Waals surface area contributed by atoms with Crippen molar-refractivity contribution in [2.24, 2.45) is 11.3 Å². The number of benzene rings is 1. The van der Waals surface area contributed by atoms with Crippen LogP contribution in [0.15, 0.2) is 42.9 Å². The van der Waals surface area contributed by atoms with E-state index in [-0.39, 0.29) is 29.8 Å². The molecule has 0 atom stereocenters. The number of carbonyl (C=O) groups is 2. The van der Waals surface area contributed by atoms with E-state index < -0.39 is 11.2 Å². The summed E-state index contributed by atoms with van der Waals surface area (Å²) in [5.74, 6) is 0.286. The standard InChI is InChI=1S/C41H49FN8O3/c1-24(2)49-23-44-34-18-32(45-37(36(34)49)46-33-14-25(3)43-19-31(33)42)26-6-7-30-35(15-26)50(29-16-28(17-29)48-11-8-40(4,5)22-48)39(52)41(30)9-12-47(13-10-41)38(51)27-20-53-21-27/h6-7,14-15,18-19,23-24,27-29H,8-13,16-17,20-22H2,1-5H3,(H,43,45,46). The normalized spacial score (nSPS) is 23.9. The number of hydrogen-bond acceptors (Lipinski definition) is 8. The summed E-state index contributed by atoms with van der Waals surface area (Å²) >= 11 is 0. The number of amides is 2. The lowest BCUT2D eigenvalue weighted by atomic mass is 9.73. The molecule has 7 heterocycles. The van der Waals surface area contributed by atoms with E-state index in [1.807, 2.05) is 22.5 Å². The number of piperidine rings is 1. The van der Waals surface area contributed by atoms with Gasteiger partial charge in [-0.25, -0.2) is 14.4 Å². The van der Waals surface area contributed by atoms with Gasteiger partial charge in [0.25, 0.3) is 0 Å². The number of pyridine rings is 2. The lowest BCUT2D eigenvalue weighted by molar-refractivity contribution is -0.152. The topological polar surface area (TPSA) is 109 Å². The summed E-state index contributed by atoms with van der Waals surface area (Å²) in [5.41, 5.74) is 5.72. The molecule has 9 rings (SSSR count). The van der Waals surface area contributed by atoms with Crippen LogP contribution in [0.3, 0.4) is 0 Å². The zero-order valence-corrected chi connectivity index (χ0v) is 31.4. The Balaban J connectivity index is 1.09. The van der Waals surface area contributed by atoms with Crippen molar-refractivity contribution in [3.8, 4) is 11.3 Å². The highest BCUT2D eigenvalue weighted by Crippen LogP contribution is 2.52. The first-order chi connectivity index (χ1) is 25.4. The molecule has 1 aromatic carbocycles. The first-order valence-corrected chi connectivity index (χ1v) is 19.3. The Labute approximate surface area is 309 Å². The quantitative estimate of drug-likeness (QED) is 0.235. The highest BCUT2D eigenvalue weighted by Gasteiger charge is 2.56. The van der Waals surface area contributed by atoms with E-state index in [2.05, 4.69) is 66.0 Å². The number of imidazole rings is 1. The summed E-state index contributed by atoms with van der Waals surface area (Å²) in [4.78, 5) is 48.7. The largest absolute Gasteiger partial charge is 0.380 e. The van der Waals surface area contributed by atoms with Crippen molar-refractivity contribution in [2.45, 2.75) is 90.3 Å². The first-order valence-electron chi connectivity index (χ1n) is 19.3. The number of halogens is 1. The smallest absolute Gasteiger partial charge is 0.238 e. The van der Waals surface area contributed by atoms with Crippen molar-refractivity contribution >= 4 is 40.0 Å². The fourth-order valence-corrected chi connectivity index (χ4v) is 9.33. The number of ether oxygens (including phenoxy) is 1. The van der Waals surface area contributed by atoms with Gasteiger partial charge in [0.05, 0.1) is 54.0 Å². The third-order valence-electron chi connectivity index (χ3n) is 12.6. The van der Waals surface area contributed by atoms with Gasteiger partial charge in [0.15, 0.2) is 11.6 Å². The molecule has 0 unspecified atom stereocenters. The average Bonchev–Trinajstić information content (AvgIpc) is 3.75. The van der Waals surface area contributed by atoms with E-state index in [9.17, 15) is 9.59 Å². The molecule has 5 aliphatic rings. The number of carbonyl (C=O) groups excluding carboxylic acids is 2. The van der Waals surface area contributed by atoms with Crippen LogP contribution in [0.4, 0.5) is 21.6 Å². The van der Waals surface area contributed by atoms with Gasteiger partial charge in [-0.1, -0.05) is 26.0 Å². The van der Waals surface area contributed by atoms with Crippen LogP contribution >= 0.6 is 0 Å². The Morgan fingerprint density at radius 1 is 1.02 bits per heavy atom. The molecule has 4 aromatic rings. The Hall–Kier alpha value is -4.42. The highest BCUT2D eigenvalue weighted by molar-refractivity contribution is 6.09. The van der Waals surface area contributed by atoms with Gasteiger partial charge in [-0.3, -0.25) is 19.5 Å². The summed E-state index contributed by atoms with van der Waals surface area (Å²) in [6.45, 7) is 15.0. The molecule has 1 spiro atoms. The predicted molar refractivity (Wildman–Crippen MR) is 202 cm³/mol. The number of hydrogen-bond donors (Lipinski definition) is 1. The number of likely N-dealkylation sites (tertiary alicyclic amines) is 2. The molecular weight excluding hydrogens is 672 g/mol. The third-order valence-corrected chi connectivity index (χ3v) is 12.6. The van der Waals surface area contributed by atoms with Gasteiger partial charge in [0.1, 0.15) is 5.52 Å². The minimum absolute atomic E-state index is 0.0626. The molecule has 3 saturated heterocycles. The second-order valence-electron chi connectivity index (χ2n) is 17.1. The number of aryl methyl sites for hydroxylation is 1. The van der Waals surface area contributed by atoms with Crippen LogP contribution in [0, 0.1) is 24.1 Å². The zero-order valence-electron chi connectivity index (χ0n) is 31.4. The van der Waals surface area contributed by atoms with Gasteiger partial charge in [-0.05, 0) is 88.6 Å². The highest BCUT2D eigenvalue weighted by atomic mass is 19.1. The molecule has 1 aliphatic carbocycles. The molecule has 12 heteroatoms. The van der Waals surface area contributed by atoms with Crippen molar-refractivity contribution in [1.29, 1.82) is 0 Å². The maximum absolute atomic E-state index is 15.0. The van der Waals surface area contributed by atoms with Crippen LogP contribution in [0.25, 0.3) is 22.3 Å². The molecule has 1 N–H and O–H groups in total. The molecule has 3 aromatic heterocycles. The Kier molecular flexibility index (Phi) is 8.16. The second-order valence-corrected chi connectivity index (χ2v) is 17.1. The molecule has 11 nitrogen and oxygen atoms in total. The zero-order chi connectivity index (χ0) is 36.8. The van der Waals surface area contributed by atoms with Crippen molar-refractivity contribution in [1.82, 2.24) is 29.3 Å². The van der Waals surface area contributed by atoms with Crippen molar-refractivity contribution in [3.63, 3.8) is 0 Å². The number of nitrogens with zero attached hydrogens (tertiary/aromatic N) is 7. The van der Waals surface area contributed by atoms with Gasteiger partial charge < -0.3 is 24.4 Å². The Morgan fingerprint density at radius 2 is 1.79 bits per heavy atom. The van der Waals surface area contributed by atoms with E-state index in [0.717, 1.165) is 53.8 Å². The predicted octanol–water partition coefficient (Wildman–Crippen LogP) is 6.38. The van der Waals surface area contributed by atoms with Crippen LogP contribution < -0.4 is 10.2 Å².